The number of imide groups is 2. The van der Waals surface area contributed by atoms with Gasteiger partial charge in [0, 0.05) is 17.0 Å². The van der Waals surface area contributed by atoms with E-state index < -0.39 is 58.2 Å². The summed E-state index contributed by atoms with van der Waals surface area (Å²) in [6, 6.07) is 8.40. The number of phenols is 1. The molecule has 220 valence electrons. The fourth-order valence-corrected chi connectivity index (χ4v) is 7.96. The maximum atomic E-state index is 14.4. The second kappa shape index (κ2) is 9.39. The topological polar surface area (TPSA) is 104 Å². The first-order chi connectivity index (χ1) is 19.7. The van der Waals surface area contributed by atoms with Crippen LogP contribution in [0.2, 0.25) is 5.02 Å². The highest BCUT2D eigenvalue weighted by Gasteiger charge is 2.68. The predicted molar refractivity (Wildman–Crippen MR) is 152 cm³/mol. The molecule has 2 aromatic carbocycles. The molecule has 3 fully saturated rings. The highest BCUT2D eigenvalue weighted by Crippen LogP contribution is 2.64. The minimum atomic E-state index is -1.37. The zero-order valence-electron chi connectivity index (χ0n) is 24.0. The summed E-state index contributed by atoms with van der Waals surface area (Å²) in [4.78, 5) is 58.4. The Hall–Kier alpha value is -3.72. The largest absolute Gasteiger partial charge is 0.508 e. The number of allylic oxidation sites excluding steroid dienone is 2. The number of fused-ring (bicyclic) bond motifs is 4. The van der Waals surface area contributed by atoms with Gasteiger partial charge >= 0.3 is 0 Å². The first-order valence-electron chi connectivity index (χ1n) is 14.0. The Labute approximate surface area is 248 Å². The van der Waals surface area contributed by atoms with E-state index in [1.54, 1.807) is 19.1 Å². The van der Waals surface area contributed by atoms with E-state index in [-0.39, 0.29) is 34.7 Å². The lowest BCUT2D eigenvalue weighted by atomic mass is 9.51. The molecule has 1 saturated carbocycles. The van der Waals surface area contributed by atoms with E-state index in [1.807, 2.05) is 26.8 Å². The van der Waals surface area contributed by atoms with E-state index in [9.17, 15) is 28.7 Å². The van der Waals surface area contributed by atoms with Crippen LogP contribution in [0.15, 0.2) is 48.0 Å². The van der Waals surface area contributed by atoms with Crippen molar-refractivity contribution in [2.75, 3.05) is 12.0 Å². The van der Waals surface area contributed by atoms with E-state index >= 15 is 0 Å². The molecule has 0 bridgehead atoms. The second-order valence-corrected chi connectivity index (χ2v) is 13.3. The van der Waals surface area contributed by atoms with Crippen LogP contribution in [0.25, 0.3) is 0 Å². The third-order valence-electron chi connectivity index (χ3n) is 9.65. The van der Waals surface area contributed by atoms with Crippen molar-refractivity contribution < 1.29 is 33.4 Å². The molecule has 6 rings (SSSR count). The van der Waals surface area contributed by atoms with E-state index in [0.717, 1.165) is 16.5 Å². The number of carbonyl (C=O) groups is 4. The van der Waals surface area contributed by atoms with Gasteiger partial charge in [-0.3, -0.25) is 24.1 Å². The Morgan fingerprint density at radius 3 is 2.38 bits per heavy atom. The maximum Gasteiger partial charge on any atom is 0.241 e. The number of nitrogens with zero attached hydrogens (tertiary/aromatic N) is 2. The van der Waals surface area contributed by atoms with Crippen molar-refractivity contribution in [3.63, 3.8) is 0 Å². The summed E-state index contributed by atoms with van der Waals surface area (Å²) in [5.41, 5.74) is -0.818. The highest BCUT2D eigenvalue weighted by atomic mass is 35.5. The zero-order valence-corrected chi connectivity index (χ0v) is 24.7. The fourth-order valence-electron chi connectivity index (χ4n) is 7.78. The van der Waals surface area contributed by atoms with Gasteiger partial charge < -0.3 is 9.84 Å². The van der Waals surface area contributed by atoms with Crippen molar-refractivity contribution in [1.82, 2.24) is 4.90 Å². The van der Waals surface area contributed by atoms with E-state index in [4.69, 9.17) is 16.3 Å². The van der Waals surface area contributed by atoms with Crippen LogP contribution in [0.3, 0.4) is 0 Å². The molecule has 8 nitrogen and oxygen atoms in total. The molecular formula is C32H32ClFN2O6. The molecule has 4 amide bonds. The molecule has 2 saturated heterocycles. The Kier molecular flexibility index (Phi) is 6.35. The van der Waals surface area contributed by atoms with Gasteiger partial charge in [-0.05, 0) is 82.9 Å². The maximum absolute atomic E-state index is 14.4. The lowest BCUT2D eigenvalue weighted by Crippen LogP contribution is -2.49. The average Bonchev–Trinajstić information content (AvgIpc) is 3.30. The van der Waals surface area contributed by atoms with Crippen molar-refractivity contribution >= 4 is 40.9 Å². The number of methoxy groups -OCH3 is 1. The monoisotopic (exact) mass is 594 g/mol. The lowest BCUT2D eigenvalue weighted by molar-refractivity contribution is -0.145. The summed E-state index contributed by atoms with van der Waals surface area (Å²) in [6.45, 7) is 7.15. The number of benzene rings is 2. The summed E-state index contributed by atoms with van der Waals surface area (Å²) >= 11 is 6.04. The quantitative estimate of drug-likeness (QED) is 0.386. The summed E-state index contributed by atoms with van der Waals surface area (Å²) < 4.78 is 19.5. The summed E-state index contributed by atoms with van der Waals surface area (Å²) in [6.07, 6.45) is 2.39. The minimum Gasteiger partial charge on any atom is -0.508 e. The summed E-state index contributed by atoms with van der Waals surface area (Å²) in [7, 11) is 1.49. The van der Waals surface area contributed by atoms with Crippen molar-refractivity contribution in [2.24, 2.45) is 29.1 Å². The number of likely N-dealkylation sites (tertiary alicyclic amines) is 1. The molecule has 0 radical (unpaired) electrons. The van der Waals surface area contributed by atoms with E-state index in [2.05, 4.69) is 0 Å². The minimum absolute atomic E-state index is 0.0851. The van der Waals surface area contributed by atoms with Crippen LogP contribution in [0, 0.1) is 34.9 Å². The molecule has 0 unspecified atom stereocenters. The standard InChI is InChI=1S/C32H32ClFN2O6/c1-31(2,3)36-27(38)18-9-8-17-19(25(18)29(36)40)14-21-28(39)35(15-6-10-23(34)22(33)12-15)30(41)32(21,4)26(17)20-13-16(42-5)7-11-24(20)37/h6-8,10-13,18-19,21,25-26,37H,9,14H2,1-5H3/t18-,19+,21-,25-,26+,32+/m0/s1. The highest BCUT2D eigenvalue weighted by molar-refractivity contribution is 6.31. The smallest absolute Gasteiger partial charge is 0.241 e. The number of aromatic hydroxyl groups is 1. The van der Waals surface area contributed by atoms with Crippen molar-refractivity contribution in [3.05, 3.63) is 64.5 Å². The molecule has 2 heterocycles. The lowest BCUT2D eigenvalue weighted by Gasteiger charge is -2.49. The molecule has 2 aliphatic carbocycles. The van der Waals surface area contributed by atoms with Crippen molar-refractivity contribution in [3.8, 4) is 11.5 Å². The van der Waals surface area contributed by atoms with Gasteiger partial charge in [0.05, 0.1) is 41.0 Å². The molecule has 10 heteroatoms. The van der Waals surface area contributed by atoms with Crippen LogP contribution < -0.4 is 9.64 Å². The van der Waals surface area contributed by atoms with Gasteiger partial charge in [0.25, 0.3) is 0 Å². The van der Waals surface area contributed by atoms with Gasteiger partial charge in [-0.1, -0.05) is 23.3 Å². The molecule has 2 aliphatic heterocycles. The molecule has 2 aromatic rings. The second-order valence-electron chi connectivity index (χ2n) is 12.9. The number of rotatable bonds is 3. The van der Waals surface area contributed by atoms with Crippen LogP contribution in [-0.2, 0) is 19.2 Å². The van der Waals surface area contributed by atoms with Crippen molar-refractivity contribution in [2.45, 2.75) is 52.0 Å². The van der Waals surface area contributed by atoms with Crippen LogP contribution >= 0.6 is 11.6 Å². The number of anilines is 1. The van der Waals surface area contributed by atoms with Crippen LogP contribution in [-0.4, -0.2) is 46.3 Å². The number of halogens is 2. The van der Waals surface area contributed by atoms with E-state index in [0.29, 0.717) is 17.7 Å². The van der Waals surface area contributed by atoms with Gasteiger partial charge in [-0.25, -0.2) is 9.29 Å². The first kappa shape index (κ1) is 28.4. The zero-order chi connectivity index (χ0) is 30.5. The number of hydrogen-bond acceptors (Lipinski definition) is 6. The molecule has 4 aliphatic rings. The van der Waals surface area contributed by atoms with Gasteiger partial charge in [0.2, 0.25) is 23.6 Å². The van der Waals surface area contributed by atoms with Crippen LogP contribution in [0.5, 0.6) is 11.5 Å². The third kappa shape index (κ3) is 3.78. The van der Waals surface area contributed by atoms with Crippen LogP contribution in [0.1, 0.15) is 52.0 Å². The summed E-state index contributed by atoms with van der Waals surface area (Å²) in [5.74, 6) is -5.35. The molecule has 6 atom stereocenters. The molecule has 0 aromatic heterocycles. The van der Waals surface area contributed by atoms with E-state index in [1.165, 1.54) is 30.2 Å². The van der Waals surface area contributed by atoms with Gasteiger partial charge in [0.15, 0.2) is 0 Å². The predicted octanol–water partition coefficient (Wildman–Crippen LogP) is 5.22. The number of amides is 4. The van der Waals surface area contributed by atoms with Gasteiger partial charge in [0.1, 0.15) is 17.3 Å². The molecule has 0 spiro atoms. The first-order valence-corrected chi connectivity index (χ1v) is 14.4. The Balaban J connectivity index is 1.55. The number of ether oxygens (including phenoxy) is 1. The summed E-state index contributed by atoms with van der Waals surface area (Å²) in [5, 5.41) is 10.9. The fraction of sp³-hybridized carbons (Fsp3) is 0.438. The van der Waals surface area contributed by atoms with Crippen LogP contribution in [0.4, 0.5) is 10.1 Å². The average molecular weight is 595 g/mol. The molecular weight excluding hydrogens is 563 g/mol. The van der Waals surface area contributed by atoms with Gasteiger partial charge in [-0.2, -0.15) is 0 Å². The SMILES string of the molecule is COc1ccc(O)c([C@H]2C3=CC[C@@H]4C(=O)N(C(C)(C)C)C(=O)[C@@H]4[C@@H]3C[C@H]3C(=O)N(c4ccc(F)c(Cl)c4)C(=O)[C@@]23C)c1. The molecule has 42 heavy (non-hydrogen) atoms. The third-order valence-corrected chi connectivity index (χ3v) is 9.94. The number of hydrogen-bond donors (Lipinski definition) is 1. The Bertz CT molecular complexity index is 1600. The van der Waals surface area contributed by atoms with Gasteiger partial charge in [-0.15, -0.1) is 0 Å². The normalized spacial score (nSPS) is 30.7. The number of carbonyl (C=O) groups excluding carboxylic acids is 4. The molecule has 1 N–H and O–H groups in total. The Morgan fingerprint density at radius 1 is 1.02 bits per heavy atom. The van der Waals surface area contributed by atoms with Crippen molar-refractivity contribution in [1.29, 1.82) is 0 Å². The Morgan fingerprint density at radius 2 is 1.74 bits per heavy atom. The number of phenolic OH excluding ortho intramolecular Hbond substituents is 1.